The molecule has 22 aromatic rings. The lowest BCUT2D eigenvalue weighted by Gasteiger charge is -2.20. The molecule has 29 heteroatoms. The van der Waals surface area contributed by atoms with Gasteiger partial charge in [0.2, 0.25) is 0 Å². The number of aryl methyl sites for hydroxylation is 13. The van der Waals surface area contributed by atoms with Crippen LogP contribution < -0.4 is 0 Å². The summed E-state index contributed by atoms with van der Waals surface area (Å²) in [6, 6.07) is 76.2. The number of hydrogen-bond donors (Lipinski definition) is 0. The number of aromatic nitrogens is 22. The van der Waals surface area contributed by atoms with Crippen molar-refractivity contribution in [2.45, 2.75) is 96.2 Å². The first kappa shape index (κ1) is 85.4. The molecule has 0 aliphatic carbocycles. The SMILES string of the molecule is Cc1cc(C#N)cc(-c2cc(-n3c4cc(-c5nc(C)nc(C)n5)ccc4c4ccc(-c5nc(C)nc(C)n5)cc43)c(C#N)cc2-n2c3cc(-c4nc(C)nc(C)n4)ccc3c3ccc(-c4nc(C)nc(C)n4)cc32)c1.[C-]#[N+]c1cc(-c2cc(-n3c4ccccc4c4cc(-c5nc(C)nc(C)n5)ccc43)c(C#N)cc2-n2c3ccccc3c3cc(-c4nc(C)nc(C)n4)ccc32)cc(C(F)(F)F)c1. The molecule has 0 aliphatic heterocycles. The van der Waals surface area contributed by atoms with Crippen molar-refractivity contribution < 1.29 is 13.2 Å². The van der Waals surface area contributed by atoms with Crippen LogP contribution in [0.15, 0.2) is 218 Å². The minimum atomic E-state index is -4.74. The molecular formula is C108H75F3N26. The highest BCUT2D eigenvalue weighted by Gasteiger charge is 2.34. The first-order valence-corrected chi connectivity index (χ1v) is 43.8. The molecule has 0 aliphatic rings. The minimum Gasteiger partial charge on any atom is -0.309 e. The third-order valence-corrected chi connectivity index (χ3v) is 24.2. The van der Waals surface area contributed by atoms with E-state index in [9.17, 15) is 29.0 Å². The Morgan fingerprint density at radius 3 is 0.861 bits per heavy atom. The van der Waals surface area contributed by atoms with E-state index in [2.05, 4.69) is 143 Å². The lowest BCUT2D eigenvalue weighted by molar-refractivity contribution is -0.137. The summed E-state index contributed by atoms with van der Waals surface area (Å²) in [4.78, 5) is 86.4. The van der Waals surface area contributed by atoms with Gasteiger partial charge >= 0.3 is 6.18 Å². The van der Waals surface area contributed by atoms with Gasteiger partial charge in [0.05, 0.1) is 96.2 Å². The van der Waals surface area contributed by atoms with E-state index in [0.717, 1.165) is 149 Å². The summed E-state index contributed by atoms with van der Waals surface area (Å²) in [5.74, 6) is 10.4. The van der Waals surface area contributed by atoms with Gasteiger partial charge in [-0.3, -0.25) is 0 Å². The summed E-state index contributed by atoms with van der Waals surface area (Å²) in [5.41, 5.74) is 16.2. The quantitative estimate of drug-likeness (QED) is 0.103. The maximum Gasteiger partial charge on any atom is 0.415 e. The Labute approximate surface area is 780 Å². The van der Waals surface area contributed by atoms with Crippen molar-refractivity contribution in [3.63, 3.8) is 0 Å². The van der Waals surface area contributed by atoms with Crippen LogP contribution in [0.2, 0.25) is 0 Å². The molecule has 0 unspecified atom stereocenters. The Morgan fingerprint density at radius 1 is 0.255 bits per heavy atom. The normalized spacial score (nSPS) is 11.6. The van der Waals surface area contributed by atoms with Crippen LogP contribution in [0.5, 0.6) is 0 Å². The van der Waals surface area contributed by atoms with Gasteiger partial charge in [0.25, 0.3) is 0 Å². The number of nitriles is 3. The molecule has 0 bridgehead atoms. The Morgan fingerprint density at radius 2 is 0.540 bits per heavy atom. The van der Waals surface area contributed by atoms with Crippen LogP contribution in [0, 0.1) is 131 Å². The minimum absolute atomic E-state index is 0.161. The molecule has 26 nitrogen and oxygen atoms in total. The average Bonchev–Trinajstić information content (AvgIpc) is 1.57. The number of fused-ring (bicyclic) bond motifs is 12. The Bertz CT molecular complexity index is 8830. The third-order valence-electron chi connectivity index (χ3n) is 24.2. The molecule has 0 fully saturated rings. The van der Waals surface area contributed by atoms with Crippen molar-refractivity contribution >= 4 is 92.9 Å². The van der Waals surface area contributed by atoms with Crippen LogP contribution in [0.25, 0.3) is 205 Å². The largest absolute Gasteiger partial charge is 0.415 e. The second kappa shape index (κ2) is 33.2. The van der Waals surface area contributed by atoms with Crippen molar-refractivity contribution in [3.8, 4) is 132 Å². The van der Waals surface area contributed by atoms with Crippen LogP contribution in [-0.2, 0) is 6.18 Å². The van der Waals surface area contributed by atoms with E-state index in [-0.39, 0.29) is 16.8 Å². The van der Waals surface area contributed by atoms with Gasteiger partial charge in [-0.1, -0.05) is 91.0 Å². The molecule has 0 saturated heterocycles. The predicted molar refractivity (Wildman–Crippen MR) is 521 cm³/mol. The summed E-state index contributed by atoms with van der Waals surface area (Å²) >= 11 is 0. The topological polar surface area (TPSA) is 327 Å². The molecule has 10 heterocycles. The summed E-state index contributed by atoms with van der Waals surface area (Å²) < 4.78 is 52.1. The molecule has 0 saturated carbocycles. The molecule has 10 aromatic heterocycles. The molecule has 22 rings (SSSR count). The molecule has 0 atom stereocenters. The fraction of sp³-hybridized carbons (Fsp3) is 0.130. The van der Waals surface area contributed by atoms with Gasteiger partial charge in [0.15, 0.2) is 40.6 Å². The van der Waals surface area contributed by atoms with Gasteiger partial charge in [-0.15, -0.1) is 0 Å². The van der Waals surface area contributed by atoms with E-state index in [0.29, 0.717) is 144 Å². The van der Waals surface area contributed by atoms with Gasteiger partial charge in [0.1, 0.15) is 82.0 Å². The predicted octanol–water partition coefficient (Wildman–Crippen LogP) is 23.4. The average molecular weight is 1790 g/mol. The number of benzene rings is 12. The Balaban J connectivity index is 0.000000167. The number of para-hydroxylation sites is 2. The van der Waals surface area contributed by atoms with Crippen molar-refractivity contribution in [3.05, 3.63) is 328 Å². The van der Waals surface area contributed by atoms with E-state index in [4.69, 9.17) is 46.4 Å². The van der Waals surface area contributed by atoms with E-state index < -0.39 is 11.7 Å². The Hall–Kier alpha value is -18.4. The molecular weight excluding hydrogens is 1720 g/mol. The maximum atomic E-state index is 14.6. The highest BCUT2D eigenvalue weighted by Crippen LogP contribution is 2.48. The van der Waals surface area contributed by atoms with E-state index in [1.807, 2.05) is 227 Å². The van der Waals surface area contributed by atoms with E-state index in [1.54, 1.807) is 12.1 Å². The number of rotatable bonds is 12. The molecule has 12 aromatic carbocycles. The lowest BCUT2D eigenvalue weighted by atomic mass is 9.96. The molecule has 0 amide bonds. The summed E-state index contributed by atoms with van der Waals surface area (Å²) in [7, 11) is 0. The van der Waals surface area contributed by atoms with Crippen molar-refractivity contribution in [2.24, 2.45) is 0 Å². The standard InChI is InChI=1S/C59H44N16.C49H31F3N10/c1-29-18-38(27-60)20-43(19-29)49-26-50(74-51-21-39(56-66-30(2)62-31(3)67-56)10-14-45(51)46-15-11-40(22-52(46)74)57-68-32(4)63-33(5)69-57)44(28-61)25-55(49)75-53-23-41(58-70-34(6)64-35(7)71-58)12-16-47(53)48-17-13-42(24-54(48)75)59-72-36(8)65-37(9)73-59;1-26-55-27(2)58-47(57-26)30-14-16-43-39(20-30)36-10-6-8-12-41(36)61(43)45-24-38(32-18-34(49(50,51)52)23-35(19-32)54-5)46(22-33(45)25-53)62-42-13-9-7-11-37(42)40-21-31(15-17-44(40)62)48-59-28(3)56-29(4)60-48/h10-26H,1-9H3;6-24H,1-4H3. The first-order chi connectivity index (χ1) is 66.0. The summed E-state index contributed by atoms with van der Waals surface area (Å²) in [6.45, 7) is 31.9. The summed E-state index contributed by atoms with van der Waals surface area (Å²) in [6.07, 6.45) is -4.74. The molecule has 0 spiro atoms. The van der Waals surface area contributed by atoms with Gasteiger partial charge < -0.3 is 18.3 Å². The van der Waals surface area contributed by atoms with Crippen molar-refractivity contribution in [1.82, 2.24) is 108 Å². The zero-order valence-corrected chi connectivity index (χ0v) is 76.0. The van der Waals surface area contributed by atoms with Crippen molar-refractivity contribution in [2.75, 3.05) is 0 Å². The van der Waals surface area contributed by atoms with Crippen LogP contribution >= 0.6 is 0 Å². The highest BCUT2D eigenvalue weighted by molar-refractivity contribution is 6.15. The van der Waals surface area contributed by atoms with Gasteiger partial charge in [-0.05, 0) is 234 Å². The molecule has 658 valence electrons. The lowest BCUT2D eigenvalue weighted by Crippen LogP contribution is -2.06. The van der Waals surface area contributed by atoms with Crippen LogP contribution in [0.4, 0.5) is 18.9 Å². The second-order valence-electron chi connectivity index (χ2n) is 33.9. The van der Waals surface area contributed by atoms with Crippen molar-refractivity contribution in [1.29, 1.82) is 15.8 Å². The smallest absolute Gasteiger partial charge is 0.309 e. The molecule has 137 heavy (non-hydrogen) atoms. The number of halogens is 3. The highest BCUT2D eigenvalue weighted by atomic mass is 19.4. The van der Waals surface area contributed by atoms with Gasteiger partial charge in [-0.2, -0.15) is 29.0 Å². The molecule has 0 N–H and O–H groups in total. The zero-order chi connectivity index (χ0) is 95.0. The monoisotopic (exact) mass is 1790 g/mol. The number of nitrogens with zero attached hydrogens (tertiary/aromatic N) is 26. The van der Waals surface area contributed by atoms with Gasteiger partial charge in [0, 0.05) is 93.2 Å². The van der Waals surface area contributed by atoms with E-state index in [1.165, 1.54) is 6.07 Å². The zero-order valence-electron chi connectivity index (χ0n) is 76.0. The summed E-state index contributed by atoms with van der Waals surface area (Å²) in [5, 5.41) is 40.5. The molecule has 0 radical (unpaired) electrons. The third kappa shape index (κ3) is 15.4. The maximum absolute atomic E-state index is 14.6. The van der Waals surface area contributed by atoms with Crippen LogP contribution in [0.3, 0.4) is 0 Å². The Kier molecular flexibility index (Phi) is 20.7. The van der Waals surface area contributed by atoms with Crippen LogP contribution in [-0.4, -0.2) is 108 Å². The van der Waals surface area contributed by atoms with E-state index >= 15 is 0 Å². The number of hydrogen-bond acceptors (Lipinski definition) is 21. The fourth-order valence-electron chi connectivity index (χ4n) is 18.9. The van der Waals surface area contributed by atoms with Gasteiger partial charge in [-0.25, -0.2) is 94.6 Å². The van der Waals surface area contributed by atoms with Crippen LogP contribution in [0.1, 0.15) is 97.7 Å². The number of alkyl halides is 3. The fourth-order valence-corrected chi connectivity index (χ4v) is 18.9. The second-order valence-corrected chi connectivity index (χ2v) is 33.9. The first-order valence-electron chi connectivity index (χ1n) is 43.8.